The SMILES string of the molecule is COCCNC(=O)C(=O)NCC(OC)OC. The van der Waals surface area contributed by atoms with Gasteiger partial charge < -0.3 is 24.8 Å². The molecule has 0 fully saturated rings. The number of carbonyl (C=O) groups excluding carboxylic acids is 2. The number of hydrogen-bond acceptors (Lipinski definition) is 5. The Balaban J connectivity index is 3.74. The normalized spacial score (nSPS) is 10.2. The highest BCUT2D eigenvalue weighted by molar-refractivity contribution is 6.35. The van der Waals surface area contributed by atoms with Crippen LogP contribution in [0, 0.1) is 0 Å². The van der Waals surface area contributed by atoms with E-state index >= 15 is 0 Å². The van der Waals surface area contributed by atoms with Gasteiger partial charge in [0.1, 0.15) is 0 Å². The molecule has 0 spiro atoms. The van der Waals surface area contributed by atoms with Crippen molar-refractivity contribution in [1.82, 2.24) is 10.6 Å². The minimum absolute atomic E-state index is 0.115. The highest BCUT2D eigenvalue weighted by Crippen LogP contribution is 1.87. The third-order valence-corrected chi connectivity index (χ3v) is 1.75. The molecular weight excluding hydrogens is 216 g/mol. The Kier molecular flexibility index (Phi) is 8.41. The van der Waals surface area contributed by atoms with Crippen LogP contribution in [0.3, 0.4) is 0 Å². The molecule has 94 valence electrons. The fourth-order valence-electron chi connectivity index (χ4n) is 0.866. The van der Waals surface area contributed by atoms with Gasteiger partial charge in [0, 0.05) is 27.9 Å². The van der Waals surface area contributed by atoms with Gasteiger partial charge in [-0.2, -0.15) is 0 Å². The van der Waals surface area contributed by atoms with Gasteiger partial charge in [0.25, 0.3) is 0 Å². The predicted octanol–water partition coefficient (Wildman–Crippen LogP) is -1.52. The zero-order valence-corrected chi connectivity index (χ0v) is 9.74. The van der Waals surface area contributed by atoms with Crippen LogP contribution in [-0.4, -0.2) is 59.1 Å². The van der Waals surface area contributed by atoms with E-state index in [2.05, 4.69) is 10.6 Å². The zero-order valence-electron chi connectivity index (χ0n) is 9.74. The van der Waals surface area contributed by atoms with Gasteiger partial charge >= 0.3 is 11.8 Å². The molecule has 7 nitrogen and oxygen atoms in total. The molecule has 0 aromatic carbocycles. The van der Waals surface area contributed by atoms with Crippen molar-refractivity contribution in [3.05, 3.63) is 0 Å². The molecule has 0 saturated carbocycles. The van der Waals surface area contributed by atoms with Gasteiger partial charge in [0.2, 0.25) is 0 Å². The quantitative estimate of drug-likeness (QED) is 0.317. The van der Waals surface area contributed by atoms with Crippen LogP contribution >= 0.6 is 0 Å². The van der Waals surface area contributed by atoms with Crippen LogP contribution in [0.5, 0.6) is 0 Å². The molecule has 0 aliphatic rings. The molecule has 0 atom stereocenters. The van der Waals surface area contributed by atoms with Crippen molar-refractivity contribution >= 4 is 11.8 Å². The van der Waals surface area contributed by atoms with E-state index in [4.69, 9.17) is 14.2 Å². The average Bonchev–Trinajstić information content (AvgIpc) is 2.30. The molecule has 2 amide bonds. The highest BCUT2D eigenvalue weighted by Gasteiger charge is 2.14. The largest absolute Gasteiger partial charge is 0.383 e. The Morgan fingerprint density at radius 1 is 1.06 bits per heavy atom. The van der Waals surface area contributed by atoms with Crippen molar-refractivity contribution in [1.29, 1.82) is 0 Å². The molecule has 2 N–H and O–H groups in total. The van der Waals surface area contributed by atoms with Gasteiger partial charge in [-0.1, -0.05) is 0 Å². The van der Waals surface area contributed by atoms with Crippen molar-refractivity contribution < 1.29 is 23.8 Å². The maximum atomic E-state index is 11.2. The smallest absolute Gasteiger partial charge is 0.309 e. The fourth-order valence-corrected chi connectivity index (χ4v) is 0.866. The topological polar surface area (TPSA) is 85.9 Å². The first-order chi connectivity index (χ1) is 7.65. The maximum Gasteiger partial charge on any atom is 0.309 e. The van der Waals surface area contributed by atoms with Crippen molar-refractivity contribution in [2.45, 2.75) is 6.29 Å². The van der Waals surface area contributed by atoms with Crippen molar-refractivity contribution in [2.75, 3.05) is 41.0 Å². The van der Waals surface area contributed by atoms with Crippen LogP contribution in [0.15, 0.2) is 0 Å². The number of ether oxygens (including phenoxy) is 3. The Bertz CT molecular complexity index is 218. The molecule has 0 aliphatic heterocycles. The summed E-state index contributed by atoms with van der Waals surface area (Å²) in [5, 5.41) is 4.75. The van der Waals surface area contributed by atoms with Crippen LogP contribution < -0.4 is 10.6 Å². The van der Waals surface area contributed by atoms with E-state index in [1.54, 1.807) is 0 Å². The second kappa shape index (κ2) is 9.08. The van der Waals surface area contributed by atoms with Crippen LogP contribution in [0.4, 0.5) is 0 Å². The summed E-state index contributed by atoms with van der Waals surface area (Å²) >= 11 is 0. The summed E-state index contributed by atoms with van der Waals surface area (Å²) in [5.74, 6) is -1.43. The summed E-state index contributed by atoms with van der Waals surface area (Å²) in [7, 11) is 4.39. The molecule has 0 unspecified atom stereocenters. The molecule has 0 aromatic heterocycles. The first-order valence-corrected chi connectivity index (χ1v) is 4.76. The molecule has 0 radical (unpaired) electrons. The predicted molar refractivity (Wildman–Crippen MR) is 55.7 cm³/mol. The van der Waals surface area contributed by atoms with Crippen molar-refractivity contribution in [3.8, 4) is 0 Å². The lowest BCUT2D eigenvalue weighted by Crippen LogP contribution is -2.44. The fraction of sp³-hybridized carbons (Fsp3) is 0.778. The monoisotopic (exact) mass is 234 g/mol. The molecule has 16 heavy (non-hydrogen) atoms. The summed E-state index contributed by atoms with van der Waals surface area (Å²) in [5.41, 5.74) is 0. The first-order valence-electron chi connectivity index (χ1n) is 4.76. The minimum atomic E-state index is -0.727. The van der Waals surface area contributed by atoms with Crippen LogP contribution in [0.25, 0.3) is 0 Å². The van der Waals surface area contributed by atoms with Gasteiger partial charge in [-0.15, -0.1) is 0 Å². The summed E-state index contributed by atoms with van der Waals surface area (Å²) in [6.07, 6.45) is -0.560. The molecule has 0 rings (SSSR count). The van der Waals surface area contributed by atoms with E-state index < -0.39 is 18.1 Å². The molecule has 7 heteroatoms. The second-order valence-corrected chi connectivity index (χ2v) is 2.86. The van der Waals surface area contributed by atoms with Gasteiger partial charge in [-0.3, -0.25) is 9.59 Å². The Morgan fingerprint density at radius 3 is 2.12 bits per heavy atom. The third kappa shape index (κ3) is 6.33. The van der Waals surface area contributed by atoms with Crippen LogP contribution in [0.1, 0.15) is 0 Å². The second-order valence-electron chi connectivity index (χ2n) is 2.86. The van der Waals surface area contributed by atoms with E-state index in [0.29, 0.717) is 13.2 Å². The number of nitrogens with one attached hydrogen (secondary N) is 2. The number of methoxy groups -OCH3 is 3. The molecule has 0 bridgehead atoms. The van der Waals surface area contributed by atoms with Crippen molar-refractivity contribution in [2.24, 2.45) is 0 Å². The van der Waals surface area contributed by atoms with E-state index in [-0.39, 0.29) is 6.54 Å². The van der Waals surface area contributed by atoms with E-state index in [1.807, 2.05) is 0 Å². The summed E-state index contributed by atoms with van der Waals surface area (Å²) in [6, 6.07) is 0. The lowest BCUT2D eigenvalue weighted by Gasteiger charge is -2.13. The number of rotatable bonds is 7. The molecule has 0 heterocycles. The Morgan fingerprint density at radius 2 is 1.62 bits per heavy atom. The lowest BCUT2D eigenvalue weighted by atomic mass is 10.5. The van der Waals surface area contributed by atoms with E-state index in [0.717, 1.165) is 0 Å². The summed E-state index contributed by atoms with van der Waals surface area (Å²) in [6.45, 7) is 0.766. The third-order valence-electron chi connectivity index (χ3n) is 1.75. The highest BCUT2D eigenvalue weighted by atomic mass is 16.7. The molecular formula is C9H18N2O5. The van der Waals surface area contributed by atoms with Gasteiger partial charge in [0.05, 0.1) is 13.2 Å². The van der Waals surface area contributed by atoms with Crippen LogP contribution in [-0.2, 0) is 23.8 Å². The first kappa shape index (κ1) is 14.8. The van der Waals surface area contributed by atoms with Crippen LogP contribution in [0.2, 0.25) is 0 Å². The molecule has 0 aliphatic carbocycles. The average molecular weight is 234 g/mol. The van der Waals surface area contributed by atoms with Crippen molar-refractivity contribution in [3.63, 3.8) is 0 Å². The summed E-state index contributed by atoms with van der Waals surface area (Å²) in [4.78, 5) is 22.3. The Hall–Kier alpha value is -1.18. The number of amides is 2. The zero-order chi connectivity index (χ0) is 12.4. The minimum Gasteiger partial charge on any atom is -0.383 e. The van der Waals surface area contributed by atoms with E-state index in [9.17, 15) is 9.59 Å². The Labute approximate surface area is 94.4 Å². The van der Waals surface area contributed by atoms with Gasteiger partial charge in [-0.05, 0) is 0 Å². The molecule has 0 saturated heterocycles. The number of hydrogen-bond donors (Lipinski definition) is 2. The number of carbonyl (C=O) groups is 2. The molecule has 0 aromatic rings. The van der Waals surface area contributed by atoms with E-state index in [1.165, 1.54) is 21.3 Å². The lowest BCUT2D eigenvalue weighted by molar-refractivity contribution is -0.141. The standard InChI is InChI=1S/C9H18N2O5/c1-14-5-4-10-8(12)9(13)11-6-7(15-2)16-3/h7H,4-6H2,1-3H3,(H,10,12)(H,11,13). The van der Waals surface area contributed by atoms with Gasteiger partial charge in [0.15, 0.2) is 6.29 Å². The van der Waals surface area contributed by atoms with Gasteiger partial charge in [-0.25, -0.2) is 0 Å². The summed E-state index contributed by atoms with van der Waals surface area (Å²) < 4.78 is 14.4. The maximum absolute atomic E-state index is 11.2.